The minimum atomic E-state index is -3.59. The van der Waals surface area contributed by atoms with E-state index in [-0.39, 0.29) is 18.0 Å². The molecule has 0 bridgehead atoms. The number of Topliss-reactive ketones (excluding diaryl/α,β-unsaturated/α-hetero) is 1. The molecule has 2 aromatic rings. The Hall–Kier alpha value is -2.03. The van der Waals surface area contributed by atoms with Crippen LogP contribution in [0.3, 0.4) is 0 Å². The molecule has 158 valence electrons. The van der Waals surface area contributed by atoms with E-state index in [1.54, 1.807) is 6.92 Å². The number of carbonyl (C=O) groups excluding carboxylic acids is 1. The van der Waals surface area contributed by atoms with Gasteiger partial charge in [0.05, 0.1) is 24.7 Å². The topological polar surface area (TPSA) is 89.7 Å². The van der Waals surface area contributed by atoms with Gasteiger partial charge in [-0.2, -0.15) is 0 Å². The maximum atomic E-state index is 12.5. The summed E-state index contributed by atoms with van der Waals surface area (Å²) in [5.74, 6) is -0.141. The number of hydrogen-bond acceptors (Lipinski definition) is 7. The van der Waals surface area contributed by atoms with E-state index in [1.807, 2.05) is 31.2 Å². The van der Waals surface area contributed by atoms with Gasteiger partial charge in [0.25, 0.3) is 0 Å². The SMILES string of the molecule is Cc1ccc(-c2nc(CS(=O)(=O)CC(=O)CCCN3CCOCC3)c(C)o2)cc1. The Labute approximate surface area is 172 Å². The predicted molar refractivity (Wildman–Crippen MR) is 110 cm³/mol. The molecule has 0 saturated carbocycles. The van der Waals surface area contributed by atoms with Gasteiger partial charge in [0, 0.05) is 25.1 Å². The monoisotopic (exact) mass is 420 g/mol. The van der Waals surface area contributed by atoms with E-state index in [2.05, 4.69) is 9.88 Å². The molecule has 0 spiro atoms. The molecule has 7 nitrogen and oxygen atoms in total. The zero-order chi connectivity index (χ0) is 20.9. The molecule has 8 heteroatoms. The fourth-order valence-electron chi connectivity index (χ4n) is 3.28. The number of aromatic nitrogens is 1. The number of morpholine rings is 1. The minimum absolute atomic E-state index is 0.252. The highest BCUT2D eigenvalue weighted by Crippen LogP contribution is 2.23. The third-order valence-electron chi connectivity index (χ3n) is 4.96. The Bertz CT molecular complexity index is 928. The van der Waals surface area contributed by atoms with Crippen LogP contribution in [0.4, 0.5) is 0 Å². The first kappa shape index (κ1) is 21.7. The fraction of sp³-hybridized carbons (Fsp3) is 0.524. The van der Waals surface area contributed by atoms with Crippen LogP contribution in [-0.4, -0.2) is 62.7 Å². The van der Waals surface area contributed by atoms with E-state index < -0.39 is 15.6 Å². The van der Waals surface area contributed by atoms with Gasteiger partial charge < -0.3 is 9.15 Å². The van der Waals surface area contributed by atoms with Crippen LogP contribution in [-0.2, 0) is 25.1 Å². The number of benzene rings is 1. The second kappa shape index (κ2) is 9.65. The normalized spacial score (nSPS) is 15.5. The highest BCUT2D eigenvalue weighted by atomic mass is 32.2. The Morgan fingerprint density at radius 3 is 2.52 bits per heavy atom. The first-order valence-electron chi connectivity index (χ1n) is 9.88. The Morgan fingerprint density at radius 1 is 1.14 bits per heavy atom. The van der Waals surface area contributed by atoms with E-state index in [0.29, 0.717) is 37.0 Å². The molecule has 2 heterocycles. The molecule has 1 fully saturated rings. The summed E-state index contributed by atoms with van der Waals surface area (Å²) in [6, 6.07) is 7.66. The number of nitrogens with zero attached hydrogens (tertiary/aromatic N) is 2. The van der Waals surface area contributed by atoms with Crippen molar-refractivity contribution in [1.29, 1.82) is 0 Å². The standard InChI is InChI=1S/C21H28N2O5S/c1-16-5-7-18(8-6-16)21-22-20(17(2)28-21)15-29(25,26)14-19(24)4-3-9-23-10-12-27-13-11-23/h5-8H,3-4,9-15H2,1-2H3. The van der Waals surface area contributed by atoms with Gasteiger partial charge in [0.1, 0.15) is 17.3 Å². The fourth-order valence-corrected chi connectivity index (χ4v) is 4.70. The van der Waals surface area contributed by atoms with Crippen molar-refractivity contribution in [2.45, 2.75) is 32.4 Å². The van der Waals surface area contributed by atoms with E-state index in [9.17, 15) is 13.2 Å². The Balaban J connectivity index is 1.53. The summed E-state index contributed by atoms with van der Waals surface area (Å²) in [6.45, 7) is 7.62. The highest BCUT2D eigenvalue weighted by molar-refractivity contribution is 7.91. The van der Waals surface area contributed by atoms with Crippen molar-refractivity contribution in [3.63, 3.8) is 0 Å². The van der Waals surface area contributed by atoms with E-state index in [0.717, 1.165) is 30.8 Å². The summed E-state index contributed by atoms with van der Waals surface area (Å²) in [5, 5.41) is 0. The van der Waals surface area contributed by atoms with Gasteiger partial charge in [-0.3, -0.25) is 9.69 Å². The van der Waals surface area contributed by atoms with Gasteiger partial charge in [-0.05, 0) is 38.9 Å². The second-order valence-corrected chi connectivity index (χ2v) is 9.58. The number of sulfone groups is 1. The van der Waals surface area contributed by atoms with Gasteiger partial charge >= 0.3 is 0 Å². The molecule has 1 aromatic heterocycles. The molecule has 29 heavy (non-hydrogen) atoms. The van der Waals surface area contributed by atoms with Crippen LogP contribution >= 0.6 is 0 Å². The van der Waals surface area contributed by atoms with Crippen LogP contribution in [0.15, 0.2) is 28.7 Å². The molecular formula is C21H28N2O5S. The van der Waals surface area contributed by atoms with E-state index in [1.165, 1.54) is 0 Å². The van der Waals surface area contributed by atoms with Crippen LogP contribution in [0.5, 0.6) is 0 Å². The number of oxazole rings is 1. The van der Waals surface area contributed by atoms with Crippen molar-refractivity contribution in [3.8, 4) is 11.5 Å². The molecule has 0 N–H and O–H groups in total. The molecule has 0 atom stereocenters. The molecule has 1 aliphatic heterocycles. The number of ketones is 1. The van der Waals surface area contributed by atoms with Crippen LogP contribution in [0.1, 0.15) is 29.9 Å². The predicted octanol–water partition coefficient (Wildman–Crippen LogP) is 2.55. The molecule has 0 unspecified atom stereocenters. The third-order valence-corrected chi connectivity index (χ3v) is 6.44. The van der Waals surface area contributed by atoms with Crippen LogP contribution < -0.4 is 0 Å². The summed E-state index contributed by atoms with van der Waals surface area (Å²) in [6.07, 6.45) is 0.928. The quantitative estimate of drug-likeness (QED) is 0.616. The first-order chi connectivity index (χ1) is 13.8. The van der Waals surface area contributed by atoms with Crippen molar-refractivity contribution < 1.29 is 22.4 Å². The average Bonchev–Trinajstić information content (AvgIpc) is 3.02. The van der Waals surface area contributed by atoms with Crippen molar-refractivity contribution >= 4 is 15.6 Å². The molecule has 1 aliphatic rings. The Morgan fingerprint density at radius 2 is 1.83 bits per heavy atom. The number of ether oxygens (including phenoxy) is 1. The number of hydrogen-bond donors (Lipinski definition) is 0. The molecule has 1 saturated heterocycles. The van der Waals surface area contributed by atoms with Crippen molar-refractivity contribution in [2.24, 2.45) is 0 Å². The number of aryl methyl sites for hydroxylation is 2. The van der Waals surface area contributed by atoms with Gasteiger partial charge in [-0.25, -0.2) is 13.4 Å². The summed E-state index contributed by atoms with van der Waals surface area (Å²) >= 11 is 0. The lowest BCUT2D eigenvalue weighted by molar-refractivity contribution is -0.116. The molecule has 0 radical (unpaired) electrons. The van der Waals surface area contributed by atoms with Gasteiger partial charge in [0.15, 0.2) is 9.84 Å². The van der Waals surface area contributed by atoms with Gasteiger partial charge in [-0.15, -0.1) is 0 Å². The van der Waals surface area contributed by atoms with E-state index in [4.69, 9.17) is 9.15 Å². The summed E-state index contributed by atoms with van der Waals surface area (Å²) in [4.78, 5) is 18.8. The minimum Gasteiger partial charge on any atom is -0.441 e. The lowest BCUT2D eigenvalue weighted by Crippen LogP contribution is -2.37. The summed E-state index contributed by atoms with van der Waals surface area (Å²) in [5.41, 5.74) is 2.27. The molecule has 0 aliphatic carbocycles. The molecule has 3 rings (SSSR count). The van der Waals surface area contributed by atoms with E-state index >= 15 is 0 Å². The van der Waals surface area contributed by atoms with Crippen LogP contribution in [0.25, 0.3) is 11.5 Å². The van der Waals surface area contributed by atoms with Crippen molar-refractivity contribution in [3.05, 3.63) is 41.3 Å². The van der Waals surface area contributed by atoms with Gasteiger partial charge in [0.2, 0.25) is 5.89 Å². The largest absolute Gasteiger partial charge is 0.441 e. The highest BCUT2D eigenvalue weighted by Gasteiger charge is 2.22. The number of rotatable bonds is 9. The summed E-state index contributed by atoms with van der Waals surface area (Å²) < 4.78 is 35.9. The number of carbonyl (C=O) groups is 1. The average molecular weight is 421 g/mol. The lowest BCUT2D eigenvalue weighted by Gasteiger charge is -2.26. The van der Waals surface area contributed by atoms with Crippen molar-refractivity contribution in [1.82, 2.24) is 9.88 Å². The maximum Gasteiger partial charge on any atom is 0.226 e. The van der Waals surface area contributed by atoms with Crippen LogP contribution in [0.2, 0.25) is 0 Å². The Kier molecular flexibility index (Phi) is 7.21. The summed E-state index contributed by atoms with van der Waals surface area (Å²) in [7, 11) is -3.59. The molecular weight excluding hydrogens is 392 g/mol. The zero-order valence-electron chi connectivity index (χ0n) is 17.0. The second-order valence-electron chi connectivity index (χ2n) is 7.52. The third kappa shape index (κ3) is 6.48. The lowest BCUT2D eigenvalue weighted by atomic mass is 10.1. The smallest absolute Gasteiger partial charge is 0.226 e. The maximum absolute atomic E-state index is 12.5. The zero-order valence-corrected chi connectivity index (χ0v) is 17.8. The van der Waals surface area contributed by atoms with Crippen molar-refractivity contribution in [2.75, 3.05) is 38.6 Å². The first-order valence-corrected chi connectivity index (χ1v) is 11.7. The van der Waals surface area contributed by atoms with Gasteiger partial charge in [-0.1, -0.05) is 17.7 Å². The molecule has 1 aromatic carbocycles. The molecule has 0 amide bonds. The van der Waals surface area contributed by atoms with Crippen LogP contribution in [0, 0.1) is 13.8 Å².